The number of carboxylic acid groups (broad SMARTS) is 1. The van der Waals surface area contributed by atoms with Crippen LogP contribution in [0.1, 0.15) is 29.8 Å². The lowest BCUT2D eigenvalue weighted by Gasteiger charge is -2.27. The normalized spacial score (nSPS) is 17.0. The van der Waals surface area contributed by atoms with Crippen molar-refractivity contribution in [1.29, 1.82) is 0 Å². The van der Waals surface area contributed by atoms with Crippen LogP contribution in [0.4, 0.5) is 5.69 Å². The Balaban J connectivity index is 2.02. The molecule has 2 heterocycles. The van der Waals surface area contributed by atoms with Gasteiger partial charge in [0, 0.05) is 19.3 Å². The van der Waals surface area contributed by atoms with Crippen molar-refractivity contribution in [2.24, 2.45) is 0 Å². The van der Waals surface area contributed by atoms with Crippen LogP contribution in [-0.2, 0) is 0 Å². The first-order valence-corrected chi connectivity index (χ1v) is 5.46. The number of rotatable bonds is 3. The van der Waals surface area contributed by atoms with E-state index in [1.165, 1.54) is 25.5 Å². The molecule has 1 saturated heterocycles. The van der Waals surface area contributed by atoms with Crippen molar-refractivity contribution < 1.29 is 9.90 Å². The molecule has 5 heteroatoms. The van der Waals surface area contributed by atoms with Gasteiger partial charge >= 0.3 is 5.97 Å². The first kappa shape index (κ1) is 10.9. The summed E-state index contributed by atoms with van der Waals surface area (Å²) in [6.07, 6.45) is 5.15. The molecule has 0 amide bonds. The van der Waals surface area contributed by atoms with Crippen LogP contribution < -0.4 is 5.43 Å². The summed E-state index contributed by atoms with van der Waals surface area (Å²) in [7, 11) is 0. The van der Waals surface area contributed by atoms with Gasteiger partial charge in [-0.15, -0.1) is 0 Å². The second-order valence-electron chi connectivity index (χ2n) is 3.89. The number of piperidine rings is 1. The van der Waals surface area contributed by atoms with Crippen molar-refractivity contribution in [2.45, 2.75) is 19.3 Å². The van der Waals surface area contributed by atoms with Gasteiger partial charge in [0.1, 0.15) is 5.69 Å². The number of nitrogens with one attached hydrogen (secondary N) is 1. The van der Waals surface area contributed by atoms with E-state index in [-0.39, 0.29) is 5.69 Å². The summed E-state index contributed by atoms with van der Waals surface area (Å²) in [5, 5.41) is 10.9. The van der Waals surface area contributed by atoms with Crippen LogP contribution in [0.25, 0.3) is 0 Å². The minimum absolute atomic E-state index is 0.0713. The zero-order valence-electron chi connectivity index (χ0n) is 9.02. The molecule has 5 nitrogen and oxygen atoms in total. The lowest BCUT2D eigenvalue weighted by atomic mass is 10.2. The van der Waals surface area contributed by atoms with Crippen molar-refractivity contribution in [3.63, 3.8) is 0 Å². The molecule has 0 unspecified atom stereocenters. The molecule has 0 spiro atoms. The lowest BCUT2D eigenvalue weighted by Crippen LogP contribution is -2.34. The highest BCUT2D eigenvalue weighted by atomic mass is 16.4. The average molecular weight is 221 g/mol. The van der Waals surface area contributed by atoms with Crippen LogP contribution in [0.2, 0.25) is 0 Å². The number of hydrogen-bond acceptors (Lipinski definition) is 4. The third-order valence-electron chi connectivity index (χ3n) is 2.62. The van der Waals surface area contributed by atoms with Gasteiger partial charge in [-0.25, -0.2) is 14.8 Å². The zero-order valence-corrected chi connectivity index (χ0v) is 9.02. The predicted octanol–water partition coefficient (Wildman–Crippen LogP) is 1.59. The molecular formula is C11H15N3O2. The average Bonchev–Trinajstić information content (AvgIpc) is 2.30. The Labute approximate surface area is 94.1 Å². The van der Waals surface area contributed by atoms with Gasteiger partial charge in [-0.1, -0.05) is 6.42 Å². The summed E-state index contributed by atoms with van der Waals surface area (Å²) >= 11 is 0. The smallest absolute Gasteiger partial charge is 0.354 e. The fraction of sp³-hybridized carbons (Fsp3) is 0.455. The molecule has 86 valence electrons. The van der Waals surface area contributed by atoms with E-state index in [2.05, 4.69) is 15.4 Å². The number of hydrogen-bond donors (Lipinski definition) is 2. The summed E-state index contributed by atoms with van der Waals surface area (Å²) in [5.74, 6) is -0.998. The highest BCUT2D eigenvalue weighted by Crippen LogP contribution is 2.13. The molecule has 0 radical (unpaired) electrons. The zero-order chi connectivity index (χ0) is 11.4. The molecule has 0 atom stereocenters. The van der Waals surface area contributed by atoms with Crippen molar-refractivity contribution >= 4 is 11.7 Å². The topological polar surface area (TPSA) is 65.5 Å². The number of anilines is 1. The number of pyridine rings is 1. The molecular weight excluding hydrogens is 206 g/mol. The maximum Gasteiger partial charge on any atom is 0.354 e. The van der Waals surface area contributed by atoms with E-state index in [9.17, 15) is 4.79 Å². The molecule has 0 aliphatic carbocycles. The number of aromatic nitrogens is 1. The van der Waals surface area contributed by atoms with Gasteiger partial charge in [0.15, 0.2) is 0 Å². The van der Waals surface area contributed by atoms with Gasteiger partial charge in [0.05, 0.1) is 5.69 Å². The highest BCUT2D eigenvalue weighted by Gasteiger charge is 2.11. The van der Waals surface area contributed by atoms with Crippen LogP contribution in [0, 0.1) is 0 Å². The molecule has 1 fully saturated rings. The molecule has 1 aromatic heterocycles. The number of carbonyl (C=O) groups is 1. The third kappa shape index (κ3) is 2.70. The second kappa shape index (κ2) is 4.94. The van der Waals surface area contributed by atoms with E-state index in [0.717, 1.165) is 18.8 Å². The van der Waals surface area contributed by atoms with Crippen molar-refractivity contribution in [2.75, 3.05) is 18.5 Å². The predicted molar refractivity (Wildman–Crippen MR) is 60.2 cm³/mol. The first-order chi connectivity index (χ1) is 7.75. The van der Waals surface area contributed by atoms with Crippen LogP contribution >= 0.6 is 0 Å². The maximum atomic E-state index is 10.7. The second-order valence-corrected chi connectivity index (χ2v) is 3.89. The molecule has 0 bridgehead atoms. The summed E-state index contributed by atoms with van der Waals surface area (Å²) in [5.41, 5.74) is 4.06. The fourth-order valence-electron chi connectivity index (χ4n) is 1.81. The standard InChI is InChI=1S/C11H15N3O2/c15-11(16)10-8-9(4-5-12-10)13-14-6-2-1-3-7-14/h4-5,8H,1-3,6-7H2,(H,12,13)(H,15,16). The Morgan fingerprint density at radius 2 is 2.12 bits per heavy atom. The van der Waals surface area contributed by atoms with Crippen LogP contribution in [-0.4, -0.2) is 34.2 Å². The minimum Gasteiger partial charge on any atom is -0.477 e. The number of aromatic carboxylic acids is 1. The number of carboxylic acids is 1. The largest absolute Gasteiger partial charge is 0.477 e. The Kier molecular flexibility index (Phi) is 3.36. The molecule has 1 aliphatic rings. The van der Waals surface area contributed by atoms with E-state index in [1.54, 1.807) is 12.1 Å². The first-order valence-electron chi connectivity index (χ1n) is 5.46. The summed E-state index contributed by atoms with van der Waals surface area (Å²) in [6, 6.07) is 3.33. The van der Waals surface area contributed by atoms with E-state index in [1.807, 2.05) is 0 Å². The van der Waals surface area contributed by atoms with Gasteiger partial charge in [0.2, 0.25) is 0 Å². The SMILES string of the molecule is O=C(O)c1cc(NN2CCCCC2)ccn1. The molecule has 16 heavy (non-hydrogen) atoms. The van der Waals surface area contributed by atoms with Crippen molar-refractivity contribution in [3.8, 4) is 0 Å². The van der Waals surface area contributed by atoms with Gasteiger partial charge in [-0.3, -0.25) is 0 Å². The van der Waals surface area contributed by atoms with Crippen LogP contribution in [0.3, 0.4) is 0 Å². The monoisotopic (exact) mass is 221 g/mol. The lowest BCUT2D eigenvalue weighted by molar-refractivity contribution is 0.0690. The molecule has 2 rings (SSSR count). The van der Waals surface area contributed by atoms with Gasteiger partial charge < -0.3 is 10.5 Å². The third-order valence-corrected chi connectivity index (χ3v) is 2.62. The maximum absolute atomic E-state index is 10.7. The molecule has 0 aromatic carbocycles. The summed E-state index contributed by atoms with van der Waals surface area (Å²) in [4.78, 5) is 14.5. The number of nitrogens with zero attached hydrogens (tertiary/aromatic N) is 2. The van der Waals surface area contributed by atoms with Gasteiger partial charge in [-0.2, -0.15) is 0 Å². The molecule has 2 N–H and O–H groups in total. The van der Waals surface area contributed by atoms with Crippen LogP contribution in [0.15, 0.2) is 18.3 Å². The Hall–Kier alpha value is -1.62. The van der Waals surface area contributed by atoms with Gasteiger partial charge in [0.25, 0.3) is 0 Å². The summed E-state index contributed by atoms with van der Waals surface area (Å²) in [6.45, 7) is 2.01. The Bertz CT molecular complexity index is 375. The van der Waals surface area contributed by atoms with Crippen molar-refractivity contribution in [3.05, 3.63) is 24.0 Å². The Morgan fingerprint density at radius 3 is 2.81 bits per heavy atom. The van der Waals surface area contributed by atoms with E-state index in [4.69, 9.17) is 5.11 Å². The van der Waals surface area contributed by atoms with Gasteiger partial charge in [-0.05, 0) is 25.0 Å². The quantitative estimate of drug-likeness (QED) is 0.811. The van der Waals surface area contributed by atoms with E-state index >= 15 is 0 Å². The van der Waals surface area contributed by atoms with Crippen molar-refractivity contribution in [1.82, 2.24) is 9.99 Å². The Morgan fingerprint density at radius 1 is 1.38 bits per heavy atom. The minimum atomic E-state index is -0.998. The highest BCUT2D eigenvalue weighted by molar-refractivity contribution is 5.86. The van der Waals surface area contributed by atoms with E-state index in [0.29, 0.717) is 0 Å². The molecule has 0 saturated carbocycles. The summed E-state index contributed by atoms with van der Waals surface area (Å²) < 4.78 is 0. The fourth-order valence-corrected chi connectivity index (χ4v) is 1.81. The van der Waals surface area contributed by atoms with Crippen LogP contribution in [0.5, 0.6) is 0 Å². The number of hydrazine groups is 1. The molecule has 1 aliphatic heterocycles. The van der Waals surface area contributed by atoms with E-state index < -0.39 is 5.97 Å². The molecule has 1 aromatic rings.